The molecule has 0 saturated carbocycles. The van der Waals surface area contributed by atoms with Crippen LogP contribution in [0.3, 0.4) is 0 Å². The smallest absolute Gasteiger partial charge is 0.288 e. The highest BCUT2D eigenvalue weighted by molar-refractivity contribution is 6.32. The first-order chi connectivity index (χ1) is 9.81. The summed E-state index contributed by atoms with van der Waals surface area (Å²) in [4.78, 5) is 36.8. The summed E-state index contributed by atoms with van der Waals surface area (Å²) < 4.78 is 0. The van der Waals surface area contributed by atoms with E-state index < -0.39 is 10.8 Å². The van der Waals surface area contributed by atoms with E-state index in [1.165, 1.54) is 0 Å². The molecule has 0 aliphatic carbocycles. The summed E-state index contributed by atoms with van der Waals surface area (Å²) in [6.07, 6.45) is 0.953. The van der Waals surface area contributed by atoms with Crippen molar-refractivity contribution in [2.24, 2.45) is 5.92 Å². The predicted octanol–water partition coefficient (Wildman–Crippen LogP) is 1.15. The molecule has 0 spiro atoms. The molecular weight excluding hydrogens is 300 g/mol. The van der Waals surface area contributed by atoms with Gasteiger partial charge in [0.2, 0.25) is 5.91 Å². The number of carbonyl (C=O) groups excluding carboxylic acids is 2. The van der Waals surface area contributed by atoms with Crippen molar-refractivity contribution in [2.75, 3.05) is 13.1 Å². The number of halogens is 1. The molecule has 0 bridgehead atoms. The number of nitro groups is 1. The fourth-order valence-electron chi connectivity index (χ4n) is 1.33. The molecule has 21 heavy (non-hydrogen) atoms. The maximum atomic E-state index is 11.8. The van der Waals surface area contributed by atoms with Gasteiger partial charge in [-0.25, -0.2) is 4.98 Å². The Morgan fingerprint density at radius 3 is 2.67 bits per heavy atom. The SMILES string of the molecule is CC(C)CNC(=O)CNC(=O)c1cc([N+](=O)[O-])cnc1Cl. The molecule has 0 fully saturated rings. The van der Waals surface area contributed by atoms with Gasteiger partial charge in [0.1, 0.15) is 11.3 Å². The summed E-state index contributed by atoms with van der Waals surface area (Å²) in [5.74, 6) is -0.762. The Labute approximate surface area is 126 Å². The van der Waals surface area contributed by atoms with Gasteiger partial charge in [0.25, 0.3) is 11.6 Å². The van der Waals surface area contributed by atoms with Crippen molar-refractivity contribution in [3.63, 3.8) is 0 Å². The van der Waals surface area contributed by atoms with Gasteiger partial charge in [-0.05, 0) is 5.92 Å². The zero-order valence-electron chi connectivity index (χ0n) is 11.6. The second-order valence-corrected chi connectivity index (χ2v) is 5.03. The number of nitrogens with one attached hydrogen (secondary N) is 2. The Kier molecular flexibility index (Phi) is 6.04. The van der Waals surface area contributed by atoms with Gasteiger partial charge in [-0.1, -0.05) is 25.4 Å². The molecule has 0 aromatic carbocycles. The minimum atomic E-state index is -0.698. The Bertz CT molecular complexity index is 562. The van der Waals surface area contributed by atoms with E-state index in [0.29, 0.717) is 12.5 Å². The first kappa shape index (κ1) is 16.8. The Hall–Kier alpha value is -2.22. The Morgan fingerprint density at radius 1 is 1.43 bits per heavy atom. The fraction of sp³-hybridized carbons (Fsp3) is 0.417. The Balaban J connectivity index is 2.65. The summed E-state index contributed by atoms with van der Waals surface area (Å²) in [6, 6.07) is 1.01. The maximum absolute atomic E-state index is 11.8. The van der Waals surface area contributed by atoms with Crippen molar-refractivity contribution in [2.45, 2.75) is 13.8 Å². The molecule has 114 valence electrons. The molecule has 2 N–H and O–H groups in total. The molecule has 0 atom stereocenters. The second-order valence-electron chi connectivity index (χ2n) is 4.67. The van der Waals surface area contributed by atoms with Crippen molar-refractivity contribution in [1.29, 1.82) is 0 Å². The van der Waals surface area contributed by atoms with Crippen molar-refractivity contribution in [3.05, 3.63) is 33.1 Å². The lowest BCUT2D eigenvalue weighted by molar-refractivity contribution is -0.385. The zero-order valence-corrected chi connectivity index (χ0v) is 12.3. The molecular formula is C12H15ClN4O4. The van der Waals surface area contributed by atoms with E-state index in [2.05, 4.69) is 15.6 Å². The predicted molar refractivity (Wildman–Crippen MR) is 76.1 cm³/mol. The van der Waals surface area contributed by atoms with Gasteiger partial charge < -0.3 is 10.6 Å². The molecule has 8 nitrogen and oxygen atoms in total. The van der Waals surface area contributed by atoms with E-state index >= 15 is 0 Å². The third-order valence-corrected chi connectivity index (χ3v) is 2.70. The van der Waals surface area contributed by atoms with Crippen LogP contribution in [-0.4, -0.2) is 34.8 Å². The van der Waals surface area contributed by atoms with Gasteiger partial charge in [-0.3, -0.25) is 19.7 Å². The third kappa shape index (κ3) is 5.35. The first-order valence-corrected chi connectivity index (χ1v) is 6.54. The number of aromatic nitrogens is 1. The van der Waals surface area contributed by atoms with Crippen LogP contribution in [0.5, 0.6) is 0 Å². The topological polar surface area (TPSA) is 114 Å². The van der Waals surface area contributed by atoms with Crippen LogP contribution in [0.25, 0.3) is 0 Å². The van der Waals surface area contributed by atoms with Gasteiger partial charge >= 0.3 is 0 Å². The van der Waals surface area contributed by atoms with Gasteiger partial charge in [0.05, 0.1) is 17.0 Å². The number of amides is 2. The van der Waals surface area contributed by atoms with Crippen LogP contribution in [0.4, 0.5) is 5.69 Å². The highest BCUT2D eigenvalue weighted by Crippen LogP contribution is 2.18. The van der Waals surface area contributed by atoms with E-state index in [-0.39, 0.29) is 28.9 Å². The minimum absolute atomic E-state index is 0.150. The minimum Gasteiger partial charge on any atom is -0.354 e. The van der Waals surface area contributed by atoms with Crippen LogP contribution in [0.2, 0.25) is 5.15 Å². The van der Waals surface area contributed by atoms with Crippen molar-refractivity contribution in [3.8, 4) is 0 Å². The average molecular weight is 315 g/mol. The van der Waals surface area contributed by atoms with Crippen LogP contribution in [0.1, 0.15) is 24.2 Å². The molecule has 2 amide bonds. The normalized spacial score (nSPS) is 10.3. The van der Waals surface area contributed by atoms with E-state index in [1.54, 1.807) is 0 Å². The van der Waals surface area contributed by atoms with Crippen molar-refractivity contribution in [1.82, 2.24) is 15.6 Å². The van der Waals surface area contributed by atoms with E-state index in [0.717, 1.165) is 12.3 Å². The molecule has 1 rings (SSSR count). The second kappa shape index (κ2) is 7.53. The lowest BCUT2D eigenvalue weighted by Gasteiger charge is -2.09. The first-order valence-electron chi connectivity index (χ1n) is 6.16. The molecule has 0 aliphatic rings. The van der Waals surface area contributed by atoms with Gasteiger partial charge in [0.15, 0.2) is 0 Å². The number of hydrogen-bond acceptors (Lipinski definition) is 5. The number of carbonyl (C=O) groups is 2. The largest absolute Gasteiger partial charge is 0.354 e. The maximum Gasteiger partial charge on any atom is 0.288 e. The number of pyridine rings is 1. The zero-order chi connectivity index (χ0) is 16.0. The number of nitrogens with zero attached hydrogens (tertiary/aromatic N) is 2. The van der Waals surface area contributed by atoms with Gasteiger partial charge in [-0.2, -0.15) is 0 Å². The summed E-state index contributed by atoms with van der Waals surface area (Å²) in [7, 11) is 0. The van der Waals surface area contributed by atoms with Crippen molar-refractivity contribution < 1.29 is 14.5 Å². The molecule has 0 aliphatic heterocycles. The highest BCUT2D eigenvalue weighted by atomic mass is 35.5. The summed E-state index contributed by atoms with van der Waals surface area (Å²) in [5, 5.41) is 15.4. The highest BCUT2D eigenvalue weighted by Gasteiger charge is 2.17. The standard InChI is InChI=1S/C12H15ClN4O4/c1-7(2)4-14-10(18)6-16-12(19)9-3-8(17(20)21)5-15-11(9)13/h3,5,7H,4,6H2,1-2H3,(H,14,18)(H,16,19). The molecule has 1 aromatic heterocycles. The summed E-state index contributed by atoms with van der Waals surface area (Å²) >= 11 is 5.72. The molecule has 9 heteroatoms. The van der Waals surface area contributed by atoms with Crippen LogP contribution >= 0.6 is 11.6 Å². The fourth-order valence-corrected chi connectivity index (χ4v) is 1.52. The van der Waals surface area contributed by atoms with Crippen LogP contribution in [-0.2, 0) is 4.79 Å². The molecule has 1 aromatic rings. The van der Waals surface area contributed by atoms with Crippen molar-refractivity contribution >= 4 is 29.1 Å². The monoisotopic (exact) mass is 314 g/mol. The summed E-state index contributed by atoms with van der Waals surface area (Å²) in [6.45, 7) is 4.12. The van der Waals surface area contributed by atoms with E-state index in [9.17, 15) is 19.7 Å². The van der Waals surface area contributed by atoms with Crippen LogP contribution < -0.4 is 10.6 Å². The van der Waals surface area contributed by atoms with Crippen LogP contribution in [0.15, 0.2) is 12.3 Å². The number of hydrogen-bond donors (Lipinski definition) is 2. The van der Waals surface area contributed by atoms with E-state index in [1.807, 2.05) is 13.8 Å². The molecule has 1 heterocycles. The lowest BCUT2D eigenvalue weighted by atomic mass is 10.2. The third-order valence-electron chi connectivity index (χ3n) is 2.40. The Morgan fingerprint density at radius 2 is 2.10 bits per heavy atom. The molecule has 0 radical (unpaired) electrons. The molecule has 0 unspecified atom stereocenters. The van der Waals surface area contributed by atoms with Gasteiger partial charge in [0, 0.05) is 12.6 Å². The van der Waals surface area contributed by atoms with E-state index in [4.69, 9.17) is 11.6 Å². The lowest BCUT2D eigenvalue weighted by Crippen LogP contribution is -2.38. The quantitative estimate of drug-likeness (QED) is 0.464. The number of rotatable bonds is 6. The van der Waals surface area contributed by atoms with Crippen LogP contribution in [0, 0.1) is 16.0 Å². The van der Waals surface area contributed by atoms with Gasteiger partial charge in [-0.15, -0.1) is 0 Å². The summed E-state index contributed by atoms with van der Waals surface area (Å²) in [5.41, 5.74) is -0.503. The molecule has 0 saturated heterocycles. The average Bonchev–Trinajstić information content (AvgIpc) is 2.42.